The van der Waals surface area contributed by atoms with Crippen molar-refractivity contribution in [2.24, 2.45) is 0 Å². The number of nitrogens with one attached hydrogen (secondary N) is 1. The lowest BCUT2D eigenvalue weighted by molar-refractivity contribution is -0.123. The molecule has 0 radical (unpaired) electrons. The Balaban J connectivity index is 2.21. The number of amides is 1. The molecule has 5 heteroatoms. The van der Waals surface area contributed by atoms with Gasteiger partial charge in [0.1, 0.15) is 6.17 Å². The summed E-state index contributed by atoms with van der Waals surface area (Å²) in [6, 6.07) is 9.04. The zero-order valence-electron chi connectivity index (χ0n) is 12.7. The van der Waals surface area contributed by atoms with Crippen LogP contribution in [-0.4, -0.2) is 48.1 Å². The maximum absolute atomic E-state index is 12.7. The van der Waals surface area contributed by atoms with E-state index >= 15 is 0 Å². The van der Waals surface area contributed by atoms with Crippen LogP contribution in [0, 0.1) is 0 Å². The number of rotatable bonds is 4. The molecule has 1 saturated heterocycles. The molecule has 0 saturated carbocycles. The summed E-state index contributed by atoms with van der Waals surface area (Å²) < 4.78 is 5.69. The van der Waals surface area contributed by atoms with Crippen LogP contribution in [0.25, 0.3) is 0 Å². The first-order valence-corrected chi connectivity index (χ1v) is 7.23. The van der Waals surface area contributed by atoms with Crippen LogP contribution >= 0.6 is 0 Å². The molecule has 0 bridgehead atoms. The van der Waals surface area contributed by atoms with Crippen molar-refractivity contribution in [3.63, 3.8) is 0 Å². The van der Waals surface area contributed by atoms with Crippen LogP contribution < -0.4 is 5.32 Å². The van der Waals surface area contributed by atoms with Crippen LogP contribution in [0.3, 0.4) is 0 Å². The van der Waals surface area contributed by atoms with Gasteiger partial charge >= 0.3 is 0 Å². The molecule has 1 fully saturated rings. The van der Waals surface area contributed by atoms with Crippen LogP contribution in [0.4, 0.5) is 0 Å². The second-order valence-electron chi connectivity index (χ2n) is 5.54. The van der Waals surface area contributed by atoms with E-state index in [2.05, 4.69) is 5.32 Å². The summed E-state index contributed by atoms with van der Waals surface area (Å²) in [7, 11) is 0. The van der Waals surface area contributed by atoms with Gasteiger partial charge in [-0.05, 0) is 13.8 Å². The predicted molar refractivity (Wildman–Crippen MR) is 80.0 cm³/mol. The summed E-state index contributed by atoms with van der Waals surface area (Å²) in [4.78, 5) is 26.2. The molecule has 21 heavy (non-hydrogen) atoms. The lowest BCUT2D eigenvalue weighted by Gasteiger charge is -2.39. The average molecular weight is 290 g/mol. The van der Waals surface area contributed by atoms with E-state index in [1.165, 1.54) is 6.92 Å². The highest BCUT2D eigenvalue weighted by Gasteiger charge is 2.33. The van der Waals surface area contributed by atoms with Crippen molar-refractivity contribution in [3.05, 3.63) is 35.9 Å². The van der Waals surface area contributed by atoms with E-state index in [-0.39, 0.29) is 23.9 Å². The fraction of sp³-hybridized carbons (Fsp3) is 0.500. The lowest BCUT2D eigenvalue weighted by Crippen LogP contribution is -2.59. The number of morpholine rings is 1. The van der Waals surface area contributed by atoms with E-state index < -0.39 is 6.17 Å². The molecule has 0 unspecified atom stereocenters. The van der Waals surface area contributed by atoms with Crippen LogP contribution in [0.2, 0.25) is 0 Å². The molecule has 2 rings (SSSR count). The molecular weight excluding hydrogens is 268 g/mol. The molecule has 1 aromatic rings. The van der Waals surface area contributed by atoms with Gasteiger partial charge in [-0.1, -0.05) is 30.3 Å². The molecule has 0 spiro atoms. The van der Waals surface area contributed by atoms with Gasteiger partial charge in [0.05, 0.1) is 12.2 Å². The maximum Gasteiger partial charge on any atom is 0.218 e. The third kappa shape index (κ3) is 4.12. The Bertz CT molecular complexity index is 494. The van der Waals surface area contributed by atoms with Crippen molar-refractivity contribution in [1.82, 2.24) is 10.2 Å². The standard InChI is InChI=1S/C16H22N2O3/c1-11-9-18(10-12(2)21-11)16(17-13(3)19)15(20)14-7-5-4-6-8-14/h4-8,11-12,16H,9-10H2,1-3H3,(H,17,19)/t11-,12-,16+/m1/s1. The van der Waals surface area contributed by atoms with Gasteiger partial charge < -0.3 is 10.1 Å². The quantitative estimate of drug-likeness (QED) is 0.853. The van der Waals surface area contributed by atoms with Crippen LogP contribution in [-0.2, 0) is 9.53 Å². The highest BCUT2D eigenvalue weighted by Crippen LogP contribution is 2.15. The van der Waals surface area contributed by atoms with Gasteiger partial charge in [-0.25, -0.2) is 0 Å². The first kappa shape index (κ1) is 15.7. The van der Waals surface area contributed by atoms with Gasteiger partial charge in [-0.15, -0.1) is 0 Å². The van der Waals surface area contributed by atoms with Crippen molar-refractivity contribution in [2.75, 3.05) is 13.1 Å². The molecule has 1 amide bonds. The largest absolute Gasteiger partial charge is 0.373 e. The number of ketones is 1. The lowest BCUT2D eigenvalue weighted by atomic mass is 10.1. The molecule has 1 aromatic carbocycles. The Hall–Kier alpha value is -1.72. The van der Waals surface area contributed by atoms with Crippen molar-refractivity contribution in [1.29, 1.82) is 0 Å². The number of benzene rings is 1. The molecule has 0 aliphatic carbocycles. The number of carbonyl (C=O) groups excluding carboxylic acids is 2. The Morgan fingerprint density at radius 1 is 1.19 bits per heavy atom. The minimum absolute atomic E-state index is 0.0357. The second-order valence-corrected chi connectivity index (χ2v) is 5.54. The van der Waals surface area contributed by atoms with E-state index in [9.17, 15) is 9.59 Å². The Morgan fingerprint density at radius 2 is 1.76 bits per heavy atom. The Morgan fingerprint density at radius 3 is 2.29 bits per heavy atom. The van der Waals surface area contributed by atoms with Crippen LogP contribution in [0.15, 0.2) is 30.3 Å². The number of carbonyl (C=O) groups is 2. The number of Topliss-reactive ketones (excluding diaryl/α,β-unsaturated/α-hetero) is 1. The molecule has 1 aliphatic heterocycles. The first-order valence-electron chi connectivity index (χ1n) is 7.23. The SMILES string of the molecule is CC(=O)N[C@H](C(=O)c1ccccc1)N1C[C@@H](C)O[C@H](C)C1. The molecule has 5 nitrogen and oxygen atoms in total. The second kappa shape index (κ2) is 6.83. The number of nitrogens with zero attached hydrogens (tertiary/aromatic N) is 1. The van der Waals surface area contributed by atoms with Gasteiger partial charge in [0.2, 0.25) is 5.91 Å². The van der Waals surface area contributed by atoms with E-state index in [0.717, 1.165) is 0 Å². The zero-order chi connectivity index (χ0) is 15.4. The molecule has 1 aliphatic rings. The first-order chi connectivity index (χ1) is 9.97. The summed E-state index contributed by atoms with van der Waals surface area (Å²) in [5.41, 5.74) is 0.600. The molecule has 1 heterocycles. The highest BCUT2D eigenvalue weighted by atomic mass is 16.5. The number of hydrogen-bond acceptors (Lipinski definition) is 4. The highest BCUT2D eigenvalue weighted by molar-refractivity contribution is 6.01. The Labute approximate surface area is 125 Å². The van der Waals surface area contributed by atoms with Crippen molar-refractivity contribution in [2.45, 2.75) is 39.1 Å². The fourth-order valence-electron chi connectivity index (χ4n) is 2.70. The minimum atomic E-state index is -0.640. The maximum atomic E-state index is 12.7. The summed E-state index contributed by atoms with van der Waals surface area (Å²) in [5, 5.41) is 2.77. The summed E-state index contributed by atoms with van der Waals surface area (Å²) >= 11 is 0. The third-order valence-corrected chi connectivity index (χ3v) is 3.46. The van der Waals surface area contributed by atoms with Crippen molar-refractivity contribution < 1.29 is 14.3 Å². The zero-order valence-corrected chi connectivity index (χ0v) is 12.7. The molecule has 0 aromatic heterocycles. The summed E-state index contributed by atoms with van der Waals surface area (Å²) in [5.74, 6) is -0.303. The van der Waals surface area contributed by atoms with E-state index in [0.29, 0.717) is 18.7 Å². The number of ether oxygens (including phenoxy) is 1. The normalized spacial score (nSPS) is 24.3. The number of hydrogen-bond donors (Lipinski definition) is 1. The van der Waals surface area contributed by atoms with Crippen LogP contribution in [0.1, 0.15) is 31.1 Å². The average Bonchev–Trinajstić information content (AvgIpc) is 2.43. The fourth-order valence-corrected chi connectivity index (χ4v) is 2.70. The van der Waals surface area contributed by atoms with E-state index in [1.807, 2.05) is 36.9 Å². The summed E-state index contributed by atoms with van der Waals surface area (Å²) in [6.45, 7) is 6.61. The van der Waals surface area contributed by atoms with Gasteiger partial charge in [0.15, 0.2) is 5.78 Å². The molecule has 3 atom stereocenters. The van der Waals surface area contributed by atoms with Crippen molar-refractivity contribution >= 4 is 11.7 Å². The molecule has 1 N–H and O–H groups in total. The monoisotopic (exact) mass is 290 g/mol. The third-order valence-electron chi connectivity index (χ3n) is 3.46. The van der Waals surface area contributed by atoms with Gasteiger partial charge in [0, 0.05) is 25.6 Å². The smallest absolute Gasteiger partial charge is 0.218 e. The summed E-state index contributed by atoms with van der Waals surface area (Å²) in [6.07, 6.45) is -0.569. The molecular formula is C16H22N2O3. The van der Waals surface area contributed by atoms with Crippen LogP contribution in [0.5, 0.6) is 0 Å². The van der Waals surface area contributed by atoms with Gasteiger partial charge in [-0.3, -0.25) is 14.5 Å². The Kier molecular flexibility index (Phi) is 5.09. The van der Waals surface area contributed by atoms with Gasteiger partial charge in [0.25, 0.3) is 0 Å². The molecule has 114 valence electrons. The minimum Gasteiger partial charge on any atom is -0.373 e. The van der Waals surface area contributed by atoms with Gasteiger partial charge in [-0.2, -0.15) is 0 Å². The van der Waals surface area contributed by atoms with Crippen molar-refractivity contribution in [3.8, 4) is 0 Å². The van der Waals surface area contributed by atoms with E-state index in [1.54, 1.807) is 12.1 Å². The topological polar surface area (TPSA) is 58.6 Å². The predicted octanol–water partition coefficient (Wildman–Crippen LogP) is 1.44. The van der Waals surface area contributed by atoms with E-state index in [4.69, 9.17) is 4.74 Å².